The molecule has 5 heteroatoms. The van der Waals surface area contributed by atoms with Gasteiger partial charge in [-0.1, -0.05) is 19.1 Å². The van der Waals surface area contributed by atoms with Gasteiger partial charge in [0.1, 0.15) is 5.75 Å². The molecule has 0 fully saturated rings. The summed E-state index contributed by atoms with van der Waals surface area (Å²) < 4.78 is 5.13. The van der Waals surface area contributed by atoms with E-state index >= 15 is 0 Å². The molecule has 0 radical (unpaired) electrons. The number of benzene rings is 1. The SMILES string of the molecule is COc1cccc(CCNC(=O)CC(C)CC(=O)O)c1. The summed E-state index contributed by atoms with van der Waals surface area (Å²) in [5.74, 6) is -0.337. The van der Waals surface area contributed by atoms with Gasteiger partial charge in [0.15, 0.2) is 0 Å². The average Bonchev–Trinajstić information content (AvgIpc) is 2.37. The fourth-order valence-electron chi connectivity index (χ4n) is 1.93. The van der Waals surface area contributed by atoms with E-state index in [1.165, 1.54) is 0 Å². The highest BCUT2D eigenvalue weighted by molar-refractivity contribution is 5.77. The molecule has 110 valence electrons. The van der Waals surface area contributed by atoms with Crippen LogP contribution < -0.4 is 10.1 Å². The van der Waals surface area contributed by atoms with E-state index in [-0.39, 0.29) is 24.7 Å². The van der Waals surface area contributed by atoms with E-state index in [2.05, 4.69) is 5.32 Å². The van der Waals surface area contributed by atoms with Crippen molar-refractivity contribution in [1.82, 2.24) is 5.32 Å². The van der Waals surface area contributed by atoms with Gasteiger partial charge in [-0.15, -0.1) is 0 Å². The topological polar surface area (TPSA) is 75.6 Å². The van der Waals surface area contributed by atoms with Crippen LogP contribution in [0.4, 0.5) is 0 Å². The van der Waals surface area contributed by atoms with E-state index in [1.54, 1.807) is 14.0 Å². The maximum Gasteiger partial charge on any atom is 0.303 e. The predicted molar refractivity (Wildman–Crippen MR) is 75.7 cm³/mol. The van der Waals surface area contributed by atoms with Gasteiger partial charge in [-0.3, -0.25) is 9.59 Å². The van der Waals surface area contributed by atoms with Crippen molar-refractivity contribution < 1.29 is 19.4 Å². The summed E-state index contributed by atoms with van der Waals surface area (Å²) >= 11 is 0. The molecule has 1 amide bonds. The molecule has 0 heterocycles. The van der Waals surface area contributed by atoms with Crippen LogP contribution in [-0.2, 0) is 16.0 Å². The monoisotopic (exact) mass is 279 g/mol. The van der Waals surface area contributed by atoms with Crippen molar-refractivity contribution in [3.05, 3.63) is 29.8 Å². The molecule has 0 bridgehead atoms. The molecule has 0 spiro atoms. The number of carboxylic acid groups (broad SMARTS) is 1. The Kier molecular flexibility index (Phi) is 6.56. The third-order valence-electron chi connectivity index (χ3n) is 2.93. The lowest BCUT2D eigenvalue weighted by Crippen LogP contribution is -2.27. The molecule has 0 aliphatic rings. The molecule has 1 aromatic rings. The second kappa shape index (κ2) is 8.19. The smallest absolute Gasteiger partial charge is 0.303 e. The lowest BCUT2D eigenvalue weighted by Gasteiger charge is -2.09. The minimum Gasteiger partial charge on any atom is -0.497 e. The minimum atomic E-state index is -0.873. The molecular formula is C15H21NO4. The minimum absolute atomic E-state index is 0.0172. The Bertz CT molecular complexity index is 459. The molecule has 0 saturated heterocycles. The van der Waals surface area contributed by atoms with E-state index in [4.69, 9.17) is 9.84 Å². The normalized spacial score (nSPS) is 11.7. The van der Waals surface area contributed by atoms with Crippen molar-refractivity contribution in [3.8, 4) is 5.75 Å². The third kappa shape index (κ3) is 6.22. The van der Waals surface area contributed by atoms with Crippen LogP contribution in [0.1, 0.15) is 25.3 Å². The van der Waals surface area contributed by atoms with Crippen LogP contribution in [0.3, 0.4) is 0 Å². The molecule has 1 atom stereocenters. The zero-order chi connectivity index (χ0) is 15.0. The van der Waals surface area contributed by atoms with Crippen LogP contribution in [-0.4, -0.2) is 30.6 Å². The summed E-state index contributed by atoms with van der Waals surface area (Å²) in [6.07, 6.45) is 0.976. The number of rotatable bonds is 8. The van der Waals surface area contributed by atoms with Crippen LogP contribution in [0, 0.1) is 5.92 Å². The van der Waals surface area contributed by atoms with Gasteiger partial charge >= 0.3 is 5.97 Å². The Morgan fingerprint density at radius 1 is 1.35 bits per heavy atom. The van der Waals surface area contributed by atoms with Crippen molar-refractivity contribution in [2.45, 2.75) is 26.2 Å². The number of hydrogen-bond acceptors (Lipinski definition) is 3. The first kappa shape index (κ1) is 16.0. The van der Waals surface area contributed by atoms with Crippen molar-refractivity contribution in [2.24, 2.45) is 5.92 Å². The Morgan fingerprint density at radius 3 is 2.75 bits per heavy atom. The maximum absolute atomic E-state index is 11.6. The molecule has 0 saturated carbocycles. The second-order valence-electron chi connectivity index (χ2n) is 4.86. The number of aliphatic carboxylic acids is 1. The van der Waals surface area contributed by atoms with Gasteiger partial charge < -0.3 is 15.2 Å². The Morgan fingerprint density at radius 2 is 2.10 bits per heavy atom. The quantitative estimate of drug-likeness (QED) is 0.761. The van der Waals surface area contributed by atoms with E-state index in [0.717, 1.165) is 17.7 Å². The summed E-state index contributed by atoms with van der Waals surface area (Å²) in [5.41, 5.74) is 1.09. The molecule has 0 aliphatic heterocycles. The first-order valence-electron chi connectivity index (χ1n) is 6.62. The molecule has 0 aliphatic carbocycles. The predicted octanol–water partition coefficient (Wildman–Crippen LogP) is 1.85. The van der Waals surface area contributed by atoms with Crippen LogP contribution in [0.5, 0.6) is 5.75 Å². The number of hydrogen-bond donors (Lipinski definition) is 2. The van der Waals surface area contributed by atoms with Gasteiger partial charge in [-0.2, -0.15) is 0 Å². The molecule has 2 N–H and O–H groups in total. The lowest BCUT2D eigenvalue weighted by molar-refractivity contribution is -0.138. The fraction of sp³-hybridized carbons (Fsp3) is 0.467. The highest BCUT2D eigenvalue weighted by Gasteiger charge is 2.12. The molecule has 1 rings (SSSR count). The van der Waals surface area contributed by atoms with E-state index < -0.39 is 5.97 Å². The van der Waals surface area contributed by atoms with Gasteiger partial charge in [-0.25, -0.2) is 0 Å². The molecule has 0 aromatic heterocycles. The first-order valence-corrected chi connectivity index (χ1v) is 6.62. The summed E-state index contributed by atoms with van der Waals surface area (Å²) in [6.45, 7) is 2.29. The number of carboxylic acids is 1. The molecular weight excluding hydrogens is 258 g/mol. The third-order valence-corrected chi connectivity index (χ3v) is 2.93. The molecule has 1 unspecified atom stereocenters. The summed E-state index contributed by atoms with van der Waals surface area (Å²) in [7, 11) is 1.62. The Labute approximate surface area is 118 Å². The van der Waals surface area contributed by atoms with Crippen LogP contribution >= 0.6 is 0 Å². The number of methoxy groups -OCH3 is 1. The number of nitrogens with one attached hydrogen (secondary N) is 1. The van der Waals surface area contributed by atoms with E-state index in [0.29, 0.717) is 6.54 Å². The zero-order valence-electron chi connectivity index (χ0n) is 11.9. The number of carbonyl (C=O) groups is 2. The van der Waals surface area contributed by atoms with Gasteiger partial charge in [0, 0.05) is 19.4 Å². The van der Waals surface area contributed by atoms with Crippen LogP contribution in [0.25, 0.3) is 0 Å². The molecule has 5 nitrogen and oxygen atoms in total. The maximum atomic E-state index is 11.6. The average molecular weight is 279 g/mol. The second-order valence-corrected chi connectivity index (χ2v) is 4.86. The van der Waals surface area contributed by atoms with E-state index in [9.17, 15) is 9.59 Å². The number of ether oxygens (including phenoxy) is 1. The highest BCUT2D eigenvalue weighted by atomic mass is 16.5. The largest absolute Gasteiger partial charge is 0.497 e. The van der Waals surface area contributed by atoms with Crippen molar-refractivity contribution >= 4 is 11.9 Å². The first-order chi connectivity index (χ1) is 9.51. The number of carbonyl (C=O) groups excluding carboxylic acids is 1. The fourth-order valence-corrected chi connectivity index (χ4v) is 1.93. The van der Waals surface area contributed by atoms with Gasteiger partial charge in [0.05, 0.1) is 7.11 Å². The van der Waals surface area contributed by atoms with E-state index in [1.807, 2.05) is 24.3 Å². The number of amides is 1. The highest BCUT2D eigenvalue weighted by Crippen LogP contribution is 2.12. The Balaban J connectivity index is 2.29. The van der Waals surface area contributed by atoms with Crippen LogP contribution in [0.2, 0.25) is 0 Å². The van der Waals surface area contributed by atoms with Crippen LogP contribution in [0.15, 0.2) is 24.3 Å². The zero-order valence-corrected chi connectivity index (χ0v) is 11.9. The van der Waals surface area contributed by atoms with Gasteiger partial charge in [0.25, 0.3) is 0 Å². The molecule has 1 aromatic carbocycles. The lowest BCUT2D eigenvalue weighted by atomic mass is 10.0. The van der Waals surface area contributed by atoms with Crippen molar-refractivity contribution in [2.75, 3.05) is 13.7 Å². The summed E-state index contributed by atoms with van der Waals surface area (Å²) in [5, 5.41) is 11.4. The van der Waals surface area contributed by atoms with Gasteiger partial charge in [-0.05, 0) is 30.0 Å². The van der Waals surface area contributed by atoms with Gasteiger partial charge in [0.2, 0.25) is 5.91 Å². The van der Waals surface area contributed by atoms with Crippen molar-refractivity contribution in [3.63, 3.8) is 0 Å². The molecule has 20 heavy (non-hydrogen) atoms. The Hall–Kier alpha value is -2.04. The van der Waals surface area contributed by atoms with Crippen molar-refractivity contribution in [1.29, 1.82) is 0 Å². The summed E-state index contributed by atoms with van der Waals surface area (Å²) in [6, 6.07) is 7.68. The summed E-state index contributed by atoms with van der Waals surface area (Å²) in [4.78, 5) is 22.1. The standard InChI is InChI=1S/C15H21NO4/c1-11(9-15(18)19)8-14(17)16-7-6-12-4-3-5-13(10-12)20-2/h3-5,10-11H,6-9H2,1-2H3,(H,16,17)(H,18,19).